The SMILES string of the molecule is N#CCC(=Nc1ccccc1)c1ccccc1. The molecular weight excluding hydrogens is 208 g/mol. The number of nitriles is 1. The number of hydrogen-bond acceptors (Lipinski definition) is 2. The van der Waals surface area contributed by atoms with E-state index in [1.807, 2.05) is 60.7 Å². The molecule has 0 aliphatic carbocycles. The standard InChI is InChI=1S/C15H12N2/c16-12-11-15(13-7-3-1-4-8-13)17-14-9-5-2-6-10-14/h1-10H,11H2. The Bertz CT molecular complexity index is 536. The van der Waals surface area contributed by atoms with Crippen LogP contribution in [0.3, 0.4) is 0 Å². The highest BCUT2D eigenvalue weighted by molar-refractivity contribution is 6.03. The van der Waals surface area contributed by atoms with Crippen molar-refractivity contribution in [2.75, 3.05) is 0 Å². The minimum Gasteiger partial charge on any atom is -0.252 e. The van der Waals surface area contributed by atoms with Crippen LogP contribution in [0.1, 0.15) is 12.0 Å². The number of benzene rings is 2. The molecule has 2 nitrogen and oxygen atoms in total. The number of para-hydroxylation sites is 1. The Hall–Kier alpha value is -2.40. The minimum atomic E-state index is 0.318. The Morgan fingerprint density at radius 1 is 0.941 bits per heavy atom. The van der Waals surface area contributed by atoms with E-state index in [4.69, 9.17) is 5.26 Å². The van der Waals surface area contributed by atoms with E-state index in [0.29, 0.717) is 6.42 Å². The fourth-order valence-electron chi connectivity index (χ4n) is 1.57. The van der Waals surface area contributed by atoms with Gasteiger partial charge in [-0.3, -0.25) is 4.99 Å². The van der Waals surface area contributed by atoms with Crippen molar-refractivity contribution in [2.45, 2.75) is 6.42 Å². The van der Waals surface area contributed by atoms with Crippen molar-refractivity contribution >= 4 is 11.4 Å². The highest BCUT2D eigenvalue weighted by Crippen LogP contribution is 2.14. The predicted molar refractivity (Wildman–Crippen MR) is 69.3 cm³/mol. The van der Waals surface area contributed by atoms with Crippen LogP contribution < -0.4 is 0 Å². The lowest BCUT2D eigenvalue weighted by atomic mass is 10.1. The van der Waals surface area contributed by atoms with Crippen molar-refractivity contribution in [3.63, 3.8) is 0 Å². The first kappa shape index (κ1) is 11.1. The molecule has 0 spiro atoms. The van der Waals surface area contributed by atoms with Crippen LogP contribution in [-0.4, -0.2) is 5.71 Å². The molecule has 2 heteroatoms. The molecule has 2 rings (SSSR count). The lowest BCUT2D eigenvalue weighted by Crippen LogP contribution is -1.98. The largest absolute Gasteiger partial charge is 0.252 e. The summed E-state index contributed by atoms with van der Waals surface area (Å²) in [6.45, 7) is 0. The number of aliphatic imine (C=N–C) groups is 1. The Labute approximate surface area is 101 Å². The lowest BCUT2D eigenvalue weighted by Gasteiger charge is -2.02. The quantitative estimate of drug-likeness (QED) is 0.726. The smallest absolute Gasteiger partial charge is 0.0781 e. The molecule has 0 aliphatic rings. The molecule has 82 valence electrons. The Kier molecular flexibility index (Phi) is 3.67. The van der Waals surface area contributed by atoms with Crippen LogP contribution >= 0.6 is 0 Å². The van der Waals surface area contributed by atoms with E-state index < -0.39 is 0 Å². The first-order chi connectivity index (χ1) is 8.40. The molecule has 2 aromatic carbocycles. The highest BCUT2D eigenvalue weighted by atomic mass is 14.7. The Morgan fingerprint density at radius 2 is 1.53 bits per heavy atom. The maximum absolute atomic E-state index is 8.85. The van der Waals surface area contributed by atoms with Gasteiger partial charge in [-0.15, -0.1) is 0 Å². The van der Waals surface area contributed by atoms with Crippen molar-refractivity contribution < 1.29 is 0 Å². The van der Waals surface area contributed by atoms with Crippen LogP contribution in [-0.2, 0) is 0 Å². The molecular formula is C15H12N2. The van der Waals surface area contributed by atoms with Crippen LogP contribution in [0.2, 0.25) is 0 Å². The second kappa shape index (κ2) is 5.62. The lowest BCUT2D eigenvalue weighted by molar-refractivity contribution is 1.36. The normalized spacial score (nSPS) is 10.9. The average Bonchev–Trinajstić information content (AvgIpc) is 2.40. The Morgan fingerprint density at radius 3 is 2.12 bits per heavy atom. The van der Waals surface area contributed by atoms with Crippen LogP contribution in [0.25, 0.3) is 0 Å². The van der Waals surface area contributed by atoms with Gasteiger partial charge >= 0.3 is 0 Å². The summed E-state index contributed by atoms with van der Waals surface area (Å²) in [7, 11) is 0. The van der Waals surface area contributed by atoms with Gasteiger partial charge < -0.3 is 0 Å². The third kappa shape index (κ3) is 3.02. The molecule has 0 amide bonds. The molecule has 0 unspecified atom stereocenters. The Balaban J connectivity index is 2.37. The van der Waals surface area contributed by atoms with Crippen molar-refractivity contribution in [3.05, 3.63) is 66.2 Å². The molecule has 0 N–H and O–H groups in total. The van der Waals surface area contributed by atoms with E-state index in [0.717, 1.165) is 17.0 Å². The van der Waals surface area contributed by atoms with Gasteiger partial charge in [-0.25, -0.2) is 0 Å². The molecule has 0 atom stereocenters. The first-order valence-electron chi connectivity index (χ1n) is 5.45. The maximum Gasteiger partial charge on any atom is 0.0781 e. The van der Waals surface area contributed by atoms with E-state index in [9.17, 15) is 0 Å². The third-order valence-electron chi connectivity index (χ3n) is 2.37. The van der Waals surface area contributed by atoms with Crippen LogP contribution in [0.15, 0.2) is 65.7 Å². The van der Waals surface area contributed by atoms with Crippen LogP contribution in [0.5, 0.6) is 0 Å². The van der Waals surface area contributed by atoms with Gasteiger partial charge in [-0.2, -0.15) is 5.26 Å². The summed E-state index contributed by atoms with van der Waals surface area (Å²) >= 11 is 0. The second-order valence-electron chi connectivity index (χ2n) is 3.59. The van der Waals surface area contributed by atoms with E-state index >= 15 is 0 Å². The van der Waals surface area contributed by atoms with Gasteiger partial charge in [0.25, 0.3) is 0 Å². The fraction of sp³-hybridized carbons (Fsp3) is 0.0667. The minimum absolute atomic E-state index is 0.318. The van der Waals surface area contributed by atoms with Gasteiger partial charge in [0.2, 0.25) is 0 Å². The summed E-state index contributed by atoms with van der Waals surface area (Å²) in [6, 6.07) is 21.6. The summed E-state index contributed by atoms with van der Waals surface area (Å²) in [6.07, 6.45) is 0.318. The van der Waals surface area contributed by atoms with Gasteiger partial charge in [0.05, 0.1) is 23.9 Å². The molecule has 0 aliphatic heterocycles. The van der Waals surface area contributed by atoms with E-state index in [1.165, 1.54) is 0 Å². The van der Waals surface area contributed by atoms with Crippen molar-refractivity contribution in [2.24, 2.45) is 4.99 Å². The van der Waals surface area contributed by atoms with E-state index in [1.54, 1.807) is 0 Å². The molecule has 0 radical (unpaired) electrons. The molecule has 0 heterocycles. The van der Waals surface area contributed by atoms with Gasteiger partial charge in [0.15, 0.2) is 0 Å². The number of rotatable bonds is 3. The van der Waals surface area contributed by atoms with Crippen LogP contribution in [0, 0.1) is 11.3 Å². The van der Waals surface area contributed by atoms with Gasteiger partial charge in [-0.1, -0.05) is 48.5 Å². The van der Waals surface area contributed by atoms with Crippen molar-refractivity contribution in [3.8, 4) is 6.07 Å². The zero-order valence-corrected chi connectivity index (χ0v) is 9.38. The van der Waals surface area contributed by atoms with Crippen molar-refractivity contribution in [1.82, 2.24) is 0 Å². The summed E-state index contributed by atoms with van der Waals surface area (Å²) in [5.74, 6) is 0. The van der Waals surface area contributed by atoms with Crippen molar-refractivity contribution in [1.29, 1.82) is 5.26 Å². The topological polar surface area (TPSA) is 36.1 Å². The molecule has 2 aromatic rings. The predicted octanol–water partition coefficient (Wildman–Crippen LogP) is 3.72. The summed E-state index contributed by atoms with van der Waals surface area (Å²) in [5.41, 5.74) is 2.68. The van der Waals surface area contributed by atoms with Gasteiger partial charge in [0.1, 0.15) is 0 Å². The maximum atomic E-state index is 8.85. The summed E-state index contributed by atoms with van der Waals surface area (Å²) in [4.78, 5) is 4.51. The summed E-state index contributed by atoms with van der Waals surface area (Å²) < 4.78 is 0. The number of nitrogens with zero attached hydrogens (tertiary/aromatic N) is 2. The van der Waals surface area contributed by atoms with Gasteiger partial charge in [-0.05, 0) is 17.7 Å². The monoisotopic (exact) mass is 220 g/mol. The molecule has 0 saturated carbocycles. The van der Waals surface area contributed by atoms with Crippen LogP contribution in [0.4, 0.5) is 5.69 Å². The first-order valence-corrected chi connectivity index (χ1v) is 5.45. The molecule has 0 fully saturated rings. The second-order valence-corrected chi connectivity index (χ2v) is 3.59. The average molecular weight is 220 g/mol. The fourth-order valence-corrected chi connectivity index (χ4v) is 1.57. The van der Waals surface area contributed by atoms with E-state index in [-0.39, 0.29) is 0 Å². The molecule has 17 heavy (non-hydrogen) atoms. The summed E-state index contributed by atoms with van der Waals surface area (Å²) in [5, 5.41) is 8.85. The molecule has 0 bridgehead atoms. The molecule has 0 aromatic heterocycles. The molecule has 0 saturated heterocycles. The van der Waals surface area contributed by atoms with E-state index in [2.05, 4.69) is 11.1 Å². The van der Waals surface area contributed by atoms with Gasteiger partial charge in [0, 0.05) is 0 Å². The number of hydrogen-bond donors (Lipinski definition) is 0. The third-order valence-corrected chi connectivity index (χ3v) is 2.37. The zero-order chi connectivity index (χ0) is 11.9. The highest BCUT2D eigenvalue weighted by Gasteiger charge is 2.02. The zero-order valence-electron chi connectivity index (χ0n) is 9.38.